The van der Waals surface area contributed by atoms with Gasteiger partial charge in [-0.3, -0.25) is 4.79 Å². The Bertz CT molecular complexity index is 1170. The molecule has 5 heteroatoms. The molecule has 4 aromatic rings. The van der Waals surface area contributed by atoms with Crippen LogP contribution in [-0.2, 0) is 6.42 Å². The van der Waals surface area contributed by atoms with E-state index in [4.69, 9.17) is 9.15 Å². The molecule has 1 aromatic heterocycles. The molecule has 0 bridgehead atoms. The van der Waals surface area contributed by atoms with E-state index in [9.17, 15) is 4.79 Å². The molecule has 3 aromatic carbocycles. The third-order valence-corrected chi connectivity index (χ3v) is 5.37. The number of amides is 1. The summed E-state index contributed by atoms with van der Waals surface area (Å²) in [4.78, 5) is 17.4. The molecular weight excluding hydrogens is 400 g/mol. The lowest BCUT2D eigenvalue weighted by Gasteiger charge is -2.15. The maximum atomic E-state index is 13.0. The highest BCUT2D eigenvalue weighted by atomic mass is 16.5. The summed E-state index contributed by atoms with van der Waals surface area (Å²) in [5.74, 6) is 1.69. The number of nitrogens with zero attached hydrogens (tertiary/aromatic N) is 1. The summed E-state index contributed by atoms with van der Waals surface area (Å²) in [7, 11) is 1.63. The van der Waals surface area contributed by atoms with Crippen LogP contribution in [0.15, 0.2) is 89.5 Å². The van der Waals surface area contributed by atoms with Gasteiger partial charge in [-0.25, -0.2) is 4.98 Å². The summed E-state index contributed by atoms with van der Waals surface area (Å²) < 4.78 is 11.2. The Morgan fingerprint density at radius 1 is 1.00 bits per heavy atom. The van der Waals surface area contributed by atoms with E-state index in [1.807, 2.05) is 67.6 Å². The van der Waals surface area contributed by atoms with E-state index in [0.717, 1.165) is 24.2 Å². The number of rotatable bonds is 8. The van der Waals surface area contributed by atoms with Gasteiger partial charge in [0.2, 0.25) is 5.89 Å². The van der Waals surface area contributed by atoms with Crippen LogP contribution in [0, 0.1) is 0 Å². The van der Waals surface area contributed by atoms with Gasteiger partial charge in [-0.1, -0.05) is 42.5 Å². The fraction of sp³-hybridized carbons (Fsp3) is 0.185. The molecule has 1 N–H and O–H groups in total. The van der Waals surface area contributed by atoms with Crippen LogP contribution in [-0.4, -0.2) is 24.0 Å². The SMILES string of the molecule is COc1ccc(-c2cnc(-c3ccccc3C(=O)N[C@H](C)CCc3ccccc3)o2)cc1. The minimum Gasteiger partial charge on any atom is -0.497 e. The fourth-order valence-corrected chi connectivity index (χ4v) is 3.56. The van der Waals surface area contributed by atoms with E-state index in [1.165, 1.54) is 5.56 Å². The van der Waals surface area contributed by atoms with Crippen molar-refractivity contribution < 1.29 is 13.9 Å². The Hall–Kier alpha value is -3.86. The van der Waals surface area contributed by atoms with Gasteiger partial charge in [0.25, 0.3) is 5.91 Å². The number of benzene rings is 3. The highest BCUT2D eigenvalue weighted by Gasteiger charge is 2.18. The molecule has 0 radical (unpaired) electrons. The number of hydrogen-bond acceptors (Lipinski definition) is 4. The van der Waals surface area contributed by atoms with Gasteiger partial charge < -0.3 is 14.5 Å². The summed E-state index contributed by atoms with van der Waals surface area (Å²) in [5, 5.41) is 3.11. The van der Waals surface area contributed by atoms with Crippen molar-refractivity contribution in [2.45, 2.75) is 25.8 Å². The zero-order valence-electron chi connectivity index (χ0n) is 18.2. The lowest BCUT2D eigenvalue weighted by Crippen LogP contribution is -2.33. The molecule has 4 rings (SSSR count). The number of methoxy groups -OCH3 is 1. The second kappa shape index (κ2) is 9.96. The third kappa shape index (κ3) is 5.06. The van der Waals surface area contributed by atoms with E-state index in [0.29, 0.717) is 22.8 Å². The van der Waals surface area contributed by atoms with Crippen LogP contribution in [0.5, 0.6) is 5.75 Å². The Morgan fingerprint density at radius 3 is 2.47 bits per heavy atom. The summed E-state index contributed by atoms with van der Waals surface area (Å²) in [5.41, 5.74) is 3.36. The molecule has 0 unspecified atom stereocenters. The van der Waals surface area contributed by atoms with E-state index in [2.05, 4.69) is 22.4 Å². The fourth-order valence-electron chi connectivity index (χ4n) is 3.56. The second-order valence-corrected chi connectivity index (χ2v) is 7.70. The largest absolute Gasteiger partial charge is 0.497 e. The summed E-state index contributed by atoms with van der Waals surface area (Å²) in [6, 6.07) is 25.3. The number of carbonyl (C=O) groups is 1. The van der Waals surface area contributed by atoms with E-state index < -0.39 is 0 Å². The first-order valence-electron chi connectivity index (χ1n) is 10.7. The zero-order valence-corrected chi connectivity index (χ0v) is 18.2. The van der Waals surface area contributed by atoms with Crippen molar-refractivity contribution in [2.24, 2.45) is 0 Å². The van der Waals surface area contributed by atoms with Gasteiger partial charge >= 0.3 is 0 Å². The average molecular weight is 427 g/mol. The van der Waals surface area contributed by atoms with Gasteiger partial charge in [0, 0.05) is 17.2 Å². The van der Waals surface area contributed by atoms with Crippen molar-refractivity contribution >= 4 is 5.91 Å². The van der Waals surface area contributed by atoms with Crippen LogP contribution in [0.25, 0.3) is 22.8 Å². The zero-order chi connectivity index (χ0) is 22.3. The predicted molar refractivity (Wildman–Crippen MR) is 126 cm³/mol. The number of aryl methyl sites for hydroxylation is 1. The molecular formula is C27H26N2O3. The van der Waals surface area contributed by atoms with Crippen LogP contribution in [0.3, 0.4) is 0 Å². The first kappa shape index (κ1) is 21.4. The first-order chi connectivity index (χ1) is 15.6. The molecule has 0 aliphatic rings. The number of carbonyl (C=O) groups excluding carboxylic acids is 1. The summed E-state index contributed by atoms with van der Waals surface area (Å²) in [6.07, 6.45) is 3.45. The Morgan fingerprint density at radius 2 is 1.72 bits per heavy atom. The molecule has 1 amide bonds. The second-order valence-electron chi connectivity index (χ2n) is 7.70. The van der Waals surface area contributed by atoms with E-state index >= 15 is 0 Å². The minimum absolute atomic E-state index is 0.0372. The van der Waals surface area contributed by atoms with Crippen LogP contribution in [0.4, 0.5) is 0 Å². The molecule has 1 heterocycles. The summed E-state index contributed by atoms with van der Waals surface area (Å²) >= 11 is 0. The van der Waals surface area contributed by atoms with E-state index in [-0.39, 0.29) is 11.9 Å². The van der Waals surface area contributed by atoms with Crippen molar-refractivity contribution in [3.05, 3.63) is 96.2 Å². The molecule has 162 valence electrons. The first-order valence-corrected chi connectivity index (χ1v) is 10.7. The van der Waals surface area contributed by atoms with Crippen molar-refractivity contribution in [1.82, 2.24) is 10.3 Å². The topological polar surface area (TPSA) is 64.4 Å². The molecule has 1 atom stereocenters. The van der Waals surface area contributed by atoms with Crippen molar-refractivity contribution in [3.8, 4) is 28.5 Å². The Balaban J connectivity index is 1.47. The van der Waals surface area contributed by atoms with Gasteiger partial charge in [0.15, 0.2) is 5.76 Å². The van der Waals surface area contributed by atoms with Gasteiger partial charge in [0.05, 0.1) is 18.9 Å². The van der Waals surface area contributed by atoms with Crippen molar-refractivity contribution in [3.63, 3.8) is 0 Å². The average Bonchev–Trinajstić information content (AvgIpc) is 3.34. The van der Waals surface area contributed by atoms with Crippen LogP contribution >= 0.6 is 0 Å². The predicted octanol–water partition coefficient (Wildman–Crippen LogP) is 5.77. The third-order valence-electron chi connectivity index (χ3n) is 5.37. The Kier molecular flexibility index (Phi) is 6.66. The van der Waals surface area contributed by atoms with E-state index in [1.54, 1.807) is 19.4 Å². The number of hydrogen-bond donors (Lipinski definition) is 1. The highest BCUT2D eigenvalue weighted by Crippen LogP contribution is 2.29. The monoisotopic (exact) mass is 426 g/mol. The Labute approximate surface area is 188 Å². The van der Waals surface area contributed by atoms with Crippen LogP contribution in [0.2, 0.25) is 0 Å². The maximum absolute atomic E-state index is 13.0. The standard InChI is InChI=1S/C27H26N2O3/c1-19(12-13-20-8-4-3-5-9-20)29-26(30)23-10-6-7-11-24(23)27-28-18-25(32-27)21-14-16-22(31-2)17-15-21/h3-11,14-19H,12-13H2,1-2H3,(H,29,30)/t19-/m1/s1. The van der Waals surface area contributed by atoms with Crippen LogP contribution < -0.4 is 10.1 Å². The van der Waals surface area contributed by atoms with Crippen molar-refractivity contribution in [2.75, 3.05) is 7.11 Å². The number of oxazole rings is 1. The lowest BCUT2D eigenvalue weighted by atomic mass is 10.0. The van der Waals surface area contributed by atoms with Gasteiger partial charge in [0.1, 0.15) is 5.75 Å². The summed E-state index contributed by atoms with van der Waals surface area (Å²) in [6.45, 7) is 2.02. The molecule has 0 aliphatic heterocycles. The normalized spacial score (nSPS) is 11.7. The number of nitrogens with one attached hydrogen (secondary N) is 1. The molecule has 0 saturated heterocycles. The molecule has 0 aliphatic carbocycles. The van der Waals surface area contributed by atoms with Gasteiger partial charge in [-0.05, 0) is 61.7 Å². The molecule has 0 saturated carbocycles. The quantitative estimate of drug-likeness (QED) is 0.389. The molecule has 0 spiro atoms. The van der Waals surface area contributed by atoms with Gasteiger partial charge in [-0.2, -0.15) is 0 Å². The number of aromatic nitrogens is 1. The molecule has 0 fully saturated rings. The minimum atomic E-state index is -0.134. The molecule has 32 heavy (non-hydrogen) atoms. The van der Waals surface area contributed by atoms with Gasteiger partial charge in [-0.15, -0.1) is 0 Å². The van der Waals surface area contributed by atoms with Crippen molar-refractivity contribution in [1.29, 1.82) is 0 Å². The number of ether oxygens (including phenoxy) is 1. The molecule has 5 nitrogen and oxygen atoms in total. The smallest absolute Gasteiger partial charge is 0.252 e. The maximum Gasteiger partial charge on any atom is 0.252 e. The lowest BCUT2D eigenvalue weighted by molar-refractivity contribution is 0.0939. The van der Waals surface area contributed by atoms with Crippen LogP contribution in [0.1, 0.15) is 29.3 Å². The highest BCUT2D eigenvalue weighted by molar-refractivity contribution is 6.00.